The van der Waals surface area contributed by atoms with Gasteiger partial charge < -0.3 is 5.73 Å². The first-order chi connectivity index (χ1) is 6.09. The normalized spacial score (nSPS) is 12.4. The van der Waals surface area contributed by atoms with Gasteiger partial charge in [0, 0.05) is 17.1 Å². The van der Waals surface area contributed by atoms with E-state index < -0.39 is 12.5 Å². The Hall–Kier alpha value is -0.260. The summed E-state index contributed by atoms with van der Waals surface area (Å²) in [5, 5.41) is 0. The van der Waals surface area contributed by atoms with E-state index in [0.717, 1.165) is 4.47 Å². The Bertz CT molecular complexity index is 269. The molecule has 1 atom stereocenters. The number of hydrogen-bond acceptors (Lipinski definition) is 2. The predicted octanol–water partition coefficient (Wildman–Crippen LogP) is 2.92. The summed E-state index contributed by atoms with van der Waals surface area (Å²) >= 11 is 3.19. The first-order valence-corrected chi connectivity index (χ1v) is 4.54. The van der Waals surface area contributed by atoms with Crippen LogP contribution in [-0.4, -0.2) is 11.4 Å². The summed E-state index contributed by atoms with van der Waals surface area (Å²) in [6, 6.07) is 2.68. The molecule has 0 aromatic carbocycles. The summed E-state index contributed by atoms with van der Waals surface area (Å²) in [4.78, 5) is 3.93. The summed E-state index contributed by atoms with van der Waals surface area (Å²) in [7, 11) is 0. The fourth-order valence-electron chi connectivity index (χ4n) is 0.919. The molecule has 1 aromatic heterocycles. The molecule has 0 spiro atoms. The molecule has 6 heteroatoms. The third kappa shape index (κ3) is 4.30. The SMILES string of the molecule is Cl.N[C@@H](CC(F)F)c1ccc(Br)cn1. The number of hydrogen-bond donors (Lipinski definition) is 1. The van der Waals surface area contributed by atoms with Gasteiger partial charge in [-0.15, -0.1) is 12.4 Å². The van der Waals surface area contributed by atoms with Gasteiger partial charge in [0.15, 0.2) is 0 Å². The molecule has 1 aromatic rings. The van der Waals surface area contributed by atoms with Gasteiger partial charge in [-0.3, -0.25) is 4.98 Å². The monoisotopic (exact) mass is 286 g/mol. The van der Waals surface area contributed by atoms with Gasteiger partial charge >= 0.3 is 0 Å². The van der Waals surface area contributed by atoms with Crippen molar-refractivity contribution in [3.05, 3.63) is 28.5 Å². The molecule has 1 heterocycles. The Labute approximate surface area is 95.4 Å². The molecule has 2 N–H and O–H groups in total. The second-order valence-corrected chi connectivity index (χ2v) is 3.55. The van der Waals surface area contributed by atoms with Gasteiger partial charge in [0.1, 0.15) is 0 Å². The fourth-order valence-corrected chi connectivity index (χ4v) is 1.15. The molecule has 2 nitrogen and oxygen atoms in total. The van der Waals surface area contributed by atoms with E-state index in [0.29, 0.717) is 5.69 Å². The minimum Gasteiger partial charge on any atom is -0.322 e. The number of pyridine rings is 1. The van der Waals surface area contributed by atoms with E-state index >= 15 is 0 Å². The van der Waals surface area contributed by atoms with Gasteiger partial charge in [0.25, 0.3) is 0 Å². The minimum absolute atomic E-state index is 0. The lowest BCUT2D eigenvalue weighted by atomic mass is 10.1. The van der Waals surface area contributed by atoms with Gasteiger partial charge in [0.05, 0.1) is 11.7 Å². The van der Waals surface area contributed by atoms with E-state index in [1.807, 2.05) is 0 Å². The molecule has 0 aliphatic heterocycles. The highest BCUT2D eigenvalue weighted by molar-refractivity contribution is 9.10. The average molecular weight is 288 g/mol. The molecule has 0 aliphatic rings. The Morgan fingerprint density at radius 1 is 1.43 bits per heavy atom. The third-order valence-corrected chi connectivity index (χ3v) is 2.03. The van der Waals surface area contributed by atoms with Crippen LogP contribution in [0.15, 0.2) is 22.8 Å². The van der Waals surface area contributed by atoms with E-state index in [1.165, 1.54) is 0 Å². The van der Waals surface area contributed by atoms with Gasteiger partial charge in [0.2, 0.25) is 6.43 Å². The topological polar surface area (TPSA) is 38.9 Å². The van der Waals surface area contributed by atoms with E-state index in [-0.39, 0.29) is 18.8 Å². The highest BCUT2D eigenvalue weighted by Gasteiger charge is 2.13. The number of alkyl halides is 2. The Morgan fingerprint density at radius 2 is 2.07 bits per heavy atom. The molecular weight excluding hydrogens is 277 g/mol. The van der Waals surface area contributed by atoms with Crippen LogP contribution in [0.1, 0.15) is 18.2 Å². The van der Waals surface area contributed by atoms with Crippen LogP contribution in [0.5, 0.6) is 0 Å². The molecule has 0 radical (unpaired) electrons. The molecule has 0 bridgehead atoms. The summed E-state index contributed by atoms with van der Waals surface area (Å²) < 4.78 is 24.7. The van der Waals surface area contributed by atoms with Crippen LogP contribution < -0.4 is 5.73 Å². The highest BCUT2D eigenvalue weighted by atomic mass is 79.9. The van der Waals surface area contributed by atoms with Crippen molar-refractivity contribution in [1.29, 1.82) is 0 Å². The average Bonchev–Trinajstić information content (AvgIpc) is 2.04. The van der Waals surface area contributed by atoms with Crippen molar-refractivity contribution in [2.24, 2.45) is 5.73 Å². The molecule has 14 heavy (non-hydrogen) atoms. The van der Waals surface area contributed by atoms with Crippen LogP contribution in [0.4, 0.5) is 8.78 Å². The molecule has 0 amide bonds. The smallest absolute Gasteiger partial charge is 0.240 e. The van der Waals surface area contributed by atoms with Crippen molar-refractivity contribution in [3.63, 3.8) is 0 Å². The van der Waals surface area contributed by atoms with Gasteiger partial charge in [-0.2, -0.15) is 0 Å². The maximum atomic E-state index is 11.9. The van der Waals surface area contributed by atoms with Crippen LogP contribution >= 0.6 is 28.3 Å². The van der Waals surface area contributed by atoms with E-state index in [2.05, 4.69) is 20.9 Å². The van der Waals surface area contributed by atoms with Crippen molar-refractivity contribution in [2.75, 3.05) is 0 Å². The molecule has 0 aliphatic carbocycles. The summed E-state index contributed by atoms with van der Waals surface area (Å²) in [6.07, 6.45) is -1.20. The minimum atomic E-state index is -2.39. The molecule has 80 valence electrons. The van der Waals surface area contributed by atoms with E-state index in [4.69, 9.17) is 5.73 Å². The van der Waals surface area contributed by atoms with Crippen LogP contribution in [0.25, 0.3) is 0 Å². The number of aromatic nitrogens is 1. The van der Waals surface area contributed by atoms with Crippen molar-refractivity contribution in [2.45, 2.75) is 18.9 Å². The predicted molar refractivity (Wildman–Crippen MR) is 56.7 cm³/mol. The zero-order valence-electron chi connectivity index (χ0n) is 7.16. The van der Waals surface area contributed by atoms with Crippen LogP contribution in [-0.2, 0) is 0 Å². The molecule has 0 fully saturated rings. The highest BCUT2D eigenvalue weighted by Crippen LogP contribution is 2.17. The van der Waals surface area contributed by atoms with Crippen LogP contribution in [0, 0.1) is 0 Å². The third-order valence-electron chi connectivity index (χ3n) is 1.56. The lowest BCUT2D eigenvalue weighted by molar-refractivity contribution is 0.128. The Balaban J connectivity index is 0.00000169. The van der Waals surface area contributed by atoms with Crippen LogP contribution in [0.3, 0.4) is 0 Å². The van der Waals surface area contributed by atoms with Crippen molar-refractivity contribution < 1.29 is 8.78 Å². The Morgan fingerprint density at radius 3 is 2.50 bits per heavy atom. The fraction of sp³-hybridized carbons (Fsp3) is 0.375. The lowest BCUT2D eigenvalue weighted by Crippen LogP contribution is -2.15. The zero-order valence-corrected chi connectivity index (χ0v) is 9.56. The first-order valence-electron chi connectivity index (χ1n) is 3.75. The van der Waals surface area contributed by atoms with Crippen molar-refractivity contribution >= 4 is 28.3 Å². The molecule has 0 saturated carbocycles. The number of nitrogens with two attached hydrogens (primary N) is 1. The van der Waals surface area contributed by atoms with Crippen LogP contribution in [0.2, 0.25) is 0 Å². The summed E-state index contributed by atoms with van der Waals surface area (Å²) in [5.41, 5.74) is 5.98. The van der Waals surface area contributed by atoms with E-state index in [9.17, 15) is 8.78 Å². The Kier molecular flexibility index (Phi) is 6.15. The molecule has 0 saturated heterocycles. The van der Waals surface area contributed by atoms with Gasteiger partial charge in [-0.25, -0.2) is 8.78 Å². The van der Waals surface area contributed by atoms with E-state index in [1.54, 1.807) is 18.3 Å². The first kappa shape index (κ1) is 13.7. The van der Waals surface area contributed by atoms with Crippen molar-refractivity contribution in [1.82, 2.24) is 4.98 Å². The zero-order chi connectivity index (χ0) is 9.84. The second kappa shape index (κ2) is 6.27. The number of halogens is 4. The summed E-state index contributed by atoms with van der Waals surface area (Å²) in [6.45, 7) is 0. The maximum Gasteiger partial charge on any atom is 0.240 e. The largest absolute Gasteiger partial charge is 0.322 e. The van der Waals surface area contributed by atoms with Gasteiger partial charge in [-0.1, -0.05) is 0 Å². The lowest BCUT2D eigenvalue weighted by Gasteiger charge is -2.09. The summed E-state index contributed by atoms with van der Waals surface area (Å²) in [5.74, 6) is 0. The second-order valence-electron chi connectivity index (χ2n) is 2.63. The quantitative estimate of drug-likeness (QED) is 0.928. The maximum absolute atomic E-state index is 11.9. The standard InChI is InChI=1S/C8H9BrF2N2.ClH/c9-5-1-2-7(13-4-5)6(12)3-8(10)11;/h1-2,4,6,8H,3,12H2;1H/t6-;/m0./s1. The number of rotatable bonds is 3. The molecule has 1 rings (SSSR count). The molecule has 0 unspecified atom stereocenters. The van der Waals surface area contributed by atoms with Gasteiger partial charge in [-0.05, 0) is 28.1 Å². The van der Waals surface area contributed by atoms with Crippen molar-refractivity contribution in [3.8, 4) is 0 Å². The number of nitrogens with zero attached hydrogens (tertiary/aromatic N) is 1. The molecular formula is C8H10BrClF2N2.